The Balaban J connectivity index is 1.66. The van der Waals surface area contributed by atoms with Crippen LogP contribution in [0, 0.1) is 0 Å². The maximum absolute atomic E-state index is 4.91. The molecular weight excluding hydrogens is 378 g/mol. The monoisotopic (exact) mass is 403 g/mol. The van der Waals surface area contributed by atoms with E-state index >= 15 is 0 Å². The van der Waals surface area contributed by atoms with Gasteiger partial charge >= 0.3 is 0 Å². The molecule has 0 aromatic heterocycles. The topological polar surface area (TPSA) is 36.8 Å². The Morgan fingerprint density at radius 1 is 0.452 bits per heavy atom. The van der Waals surface area contributed by atoms with Gasteiger partial charge in [-0.15, -0.1) is 0 Å². The number of nitrogens with zero attached hydrogens (tertiary/aromatic N) is 2. The van der Waals surface area contributed by atoms with Crippen molar-refractivity contribution in [1.29, 1.82) is 0 Å². The predicted octanol–water partition coefficient (Wildman–Crippen LogP) is 5.87. The largest absolute Gasteiger partial charge is 0.325 e. The zero-order valence-electron chi connectivity index (χ0n) is 17.4. The van der Waals surface area contributed by atoms with Crippen molar-refractivity contribution in [3.63, 3.8) is 0 Å². The molecule has 0 aliphatic rings. The van der Waals surface area contributed by atoms with E-state index in [0.29, 0.717) is 13.1 Å². The van der Waals surface area contributed by atoms with Gasteiger partial charge in [-0.3, -0.25) is 9.98 Å². The Morgan fingerprint density at radius 3 is 1.13 bits per heavy atom. The van der Waals surface area contributed by atoms with Gasteiger partial charge in [0.15, 0.2) is 0 Å². The van der Waals surface area contributed by atoms with Gasteiger partial charge in [0.25, 0.3) is 0 Å². The maximum Gasteiger partial charge on any atom is 0.134 e. The summed E-state index contributed by atoms with van der Waals surface area (Å²) in [6.45, 7) is 1.19. The number of benzene rings is 4. The number of aliphatic imine (C=N–C) groups is 2. The minimum atomic E-state index is 0.596. The molecule has 152 valence electrons. The van der Waals surface area contributed by atoms with Crippen LogP contribution < -0.4 is 5.32 Å². The summed E-state index contributed by atoms with van der Waals surface area (Å²) in [5.41, 5.74) is 4.39. The van der Waals surface area contributed by atoms with E-state index in [0.717, 1.165) is 22.8 Å². The summed E-state index contributed by atoms with van der Waals surface area (Å²) < 4.78 is 0. The van der Waals surface area contributed by atoms with Gasteiger partial charge in [-0.2, -0.15) is 0 Å². The number of hydrogen-bond acceptors (Lipinski definition) is 2. The lowest BCUT2D eigenvalue weighted by Gasteiger charge is -2.14. The quantitative estimate of drug-likeness (QED) is 0.317. The van der Waals surface area contributed by atoms with Crippen LogP contribution in [0.4, 0.5) is 0 Å². The second kappa shape index (κ2) is 10.7. The molecule has 3 nitrogen and oxygen atoms in total. The van der Waals surface area contributed by atoms with Crippen molar-refractivity contribution in [2.75, 3.05) is 0 Å². The van der Waals surface area contributed by atoms with Gasteiger partial charge in [0.1, 0.15) is 11.7 Å². The highest BCUT2D eigenvalue weighted by molar-refractivity contribution is 6.14. The molecule has 0 heterocycles. The van der Waals surface area contributed by atoms with Crippen molar-refractivity contribution in [2.24, 2.45) is 9.98 Å². The van der Waals surface area contributed by atoms with E-state index in [2.05, 4.69) is 53.8 Å². The zero-order valence-corrected chi connectivity index (χ0v) is 17.4. The fraction of sp³-hybridized carbons (Fsp3) is 0.0714. The Bertz CT molecular complexity index is 1030. The van der Waals surface area contributed by atoms with Crippen molar-refractivity contribution < 1.29 is 0 Å². The lowest BCUT2D eigenvalue weighted by Crippen LogP contribution is -2.32. The van der Waals surface area contributed by atoms with Gasteiger partial charge < -0.3 is 5.32 Å². The molecule has 4 aromatic rings. The molecule has 4 aromatic carbocycles. The first-order chi connectivity index (χ1) is 15.4. The smallest absolute Gasteiger partial charge is 0.134 e. The summed E-state index contributed by atoms with van der Waals surface area (Å²) >= 11 is 0. The first-order valence-electron chi connectivity index (χ1n) is 10.4. The van der Waals surface area contributed by atoms with E-state index in [1.54, 1.807) is 0 Å². The highest BCUT2D eigenvalue weighted by Crippen LogP contribution is 2.08. The molecule has 0 fully saturated rings. The molecule has 0 aliphatic carbocycles. The average Bonchev–Trinajstić information content (AvgIpc) is 2.86. The highest BCUT2D eigenvalue weighted by Gasteiger charge is 2.09. The number of amidine groups is 2. The zero-order chi connectivity index (χ0) is 21.1. The fourth-order valence-corrected chi connectivity index (χ4v) is 3.22. The van der Waals surface area contributed by atoms with Crippen LogP contribution in [-0.2, 0) is 13.1 Å². The van der Waals surface area contributed by atoms with Crippen LogP contribution in [0.5, 0.6) is 0 Å². The molecule has 0 unspecified atom stereocenters. The first-order valence-corrected chi connectivity index (χ1v) is 10.4. The lowest BCUT2D eigenvalue weighted by atomic mass is 10.1. The molecule has 3 heteroatoms. The van der Waals surface area contributed by atoms with E-state index in [9.17, 15) is 0 Å². The van der Waals surface area contributed by atoms with Crippen molar-refractivity contribution in [1.82, 2.24) is 5.32 Å². The lowest BCUT2D eigenvalue weighted by molar-refractivity contribution is 1.03. The third kappa shape index (κ3) is 6.00. The molecule has 0 amide bonds. The number of hydrogen-bond donors (Lipinski definition) is 1. The van der Waals surface area contributed by atoms with Gasteiger partial charge in [-0.1, -0.05) is 121 Å². The van der Waals surface area contributed by atoms with Crippen LogP contribution in [0.2, 0.25) is 0 Å². The Hall–Kier alpha value is -3.98. The van der Waals surface area contributed by atoms with Crippen molar-refractivity contribution in [2.45, 2.75) is 13.1 Å². The Morgan fingerprint density at radius 2 is 0.774 bits per heavy atom. The number of nitrogens with one attached hydrogen (secondary N) is 1. The van der Waals surface area contributed by atoms with Crippen molar-refractivity contribution in [3.8, 4) is 0 Å². The molecule has 0 radical (unpaired) electrons. The van der Waals surface area contributed by atoms with Gasteiger partial charge in [0, 0.05) is 11.1 Å². The molecular formula is C28H25N3. The third-order valence-electron chi connectivity index (χ3n) is 4.86. The summed E-state index contributed by atoms with van der Waals surface area (Å²) in [5, 5.41) is 3.53. The molecule has 0 saturated carbocycles. The van der Waals surface area contributed by atoms with Crippen molar-refractivity contribution in [3.05, 3.63) is 144 Å². The summed E-state index contributed by atoms with van der Waals surface area (Å²) in [4.78, 5) is 9.82. The van der Waals surface area contributed by atoms with Gasteiger partial charge in [-0.25, -0.2) is 0 Å². The second-order valence-corrected chi connectivity index (χ2v) is 7.16. The highest BCUT2D eigenvalue weighted by atomic mass is 15.1. The number of rotatable bonds is 6. The van der Waals surface area contributed by atoms with E-state index in [4.69, 9.17) is 9.98 Å². The van der Waals surface area contributed by atoms with Gasteiger partial charge in [0.2, 0.25) is 0 Å². The minimum Gasteiger partial charge on any atom is -0.325 e. The van der Waals surface area contributed by atoms with E-state index in [-0.39, 0.29) is 0 Å². The molecule has 0 aliphatic heterocycles. The molecule has 0 bridgehead atoms. The fourth-order valence-electron chi connectivity index (χ4n) is 3.22. The molecule has 1 N–H and O–H groups in total. The maximum atomic E-state index is 4.91. The van der Waals surface area contributed by atoms with E-state index in [1.807, 2.05) is 72.8 Å². The summed E-state index contributed by atoms with van der Waals surface area (Å²) in [5.74, 6) is 1.61. The molecule has 0 atom stereocenters. The van der Waals surface area contributed by atoms with Crippen LogP contribution in [0.1, 0.15) is 22.3 Å². The first kappa shape index (κ1) is 20.3. The second-order valence-electron chi connectivity index (χ2n) is 7.16. The molecule has 0 spiro atoms. The Kier molecular flexibility index (Phi) is 7.01. The van der Waals surface area contributed by atoms with Gasteiger partial charge in [0.05, 0.1) is 13.1 Å². The summed E-state index contributed by atoms with van der Waals surface area (Å²) in [6, 6.07) is 41.0. The molecule has 4 rings (SSSR count). The normalized spacial score (nSPS) is 11.9. The minimum absolute atomic E-state index is 0.596. The van der Waals surface area contributed by atoms with Crippen LogP contribution in [0.3, 0.4) is 0 Å². The SMILES string of the molecule is c1ccc(CN=C(NC(=NCc2ccccc2)c2ccccc2)c2ccccc2)cc1. The van der Waals surface area contributed by atoms with Crippen LogP contribution >= 0.6 is 0 Å². The molecule has 0 saturated heterocycles. The average molecular weight is 404 g/mol. The van der Waals surface area contributed by atoms with Crippen LogP contribution in [-0.4, -0.2) is 11.7 Å². The van der Waals surface area contributed by atoms with Crippen molar-refractivity contribution >= 4 is 11.7 Å². The summed E-state index contributed by atoms with van der Waals surface area (Å²) in [7, 11) is 0. The molecule has 31 heavy (non-hydrogen) atoms. The van der Waals surface area contributed by atoms with E-state index in [1.165, 1.54) is 11.1 Å². The van der Waals surface area contributed by atoms with Crippen LogP contribution in [0.25, 0.3) is 0 Å². The van der Waals surface area contributed by atoms with Gasteiger partial charge in [-0.05, 0) is 11.1 Å². The predicted molar refractivity (Wildman–Crippen MR) is 129 cm³/mol. The summed E-state index contributed by atoms with van der Waals surface area (Å²) in [6.07, 6.45) is 0. The Labute approximate surface area is 183 Å². The third-order valence-corrected chi connectivity index (χ3v) is 4.86. The standard InChI is InChI=1S/C28H25N3/c1-5-13-23(14-6-1)21-29-27(25-17-9-3-10-18-25)31-28(26-19-11-4-12-20-26)30-22-24-15-7-2-8-16-24/h1-20H,21-22H2,(H,29,30,31). The van der Waals surface area contributed by atoms with E-state index < -0.39 is 0 Å². The van der Waals surface area contributed by atoms with Crippen LogP contribution in [0.15, 0.2) is 131 Å².